The molecule has 6 rings (SSSR count). The van der Waals surface area contributed by atoms with E-state index in [0.717, 1.165) is 41.6 Å². The highest BCUT2D eigenvalue weighted by Gasteiger charge is 2.42. The number of carboxylic acids is 1. The molecule has 0 saturated carbocycles. The molecule has 10 nitrogen and oxygen atoms in total. The summed E-state index contributed by atoms with van der Waals surface area (Å²) in [6.45, 7) is 3.46. The summed E-state index contributed by atoms with van der Waals surface area (Å²) in [7, 11) is -4.15. The van der Waals surface area contributed by atoms with E-state index in [1.54, 1.807) is 18.2 Å². The molecular weight excluding hydrogens is 542 g/mol. The van der Waals surface area contributed by atoms with E-state index in [0.29, 0.717) is 15.9 Å². The fraction of sp³-hybridized carbons (Fsp3) is 0.370. The second kappa shape index (κ2) is 9.96. The Balaban J connectivity index is 1.21. The molecule has 39 heavy (non-hydrogen) atoms. The fourth-order valence-electron chi connectivity index (χ4n) is 5.30. The normalized spacial score (nSPS) is 20.2. The summed E-state index contributed by atoms with van der Waals surface area (Å²) in [6.07, 6.45) is 2.37. The van der Waals surface area contributed by atoms with Crippen LogP contribution in [0.25, 0.3) is 10.9 Å². The van der Waals surface area contributed by atoms with Gasteiger partial charge in [0.2, 0.25) is 5.91 Å². The minimum atomic E-state index is -4.15. The summed E-state index contributed by atoms with van der Waals surface area (Å²) in [5.74, 6) is -0.583. The number of carbonyl (C=O) groups is 2. The molecule has 2 N–H and O–H groups in total. The average Bonchev–Trinajstić information content (AvgIpc) is 3.27. The molecule has 0 unspecified atom stereocenters. The Morgan fingerprint density at radius 3 is 2.44 bits per heavy atom. The van der Waals surface area contributed by atoms with Crippen molar-refractivity contribution in [1.29, 1.82) is 0 Å². The zero-order valence-electron chi connectivity index (χ0n) is 21.2. The number of sulfonamides is 1. The Morgan fingerprint density at radius 1 is 1.08 bits per heavy atom. The van der Waals surface area contributed by atoms with Crippen LogP contribution < -0.4 is 0 Å². The number of carbonyl (C=O) groups excluding carboxylic acids is 1. The van der Waals surface area contributed by atoms with Crippen molar-refractivity contribution in [2.75, 3.05) is 39.3 Å². The molecule has 3 aromatic rings. The molecular formula is C27H29ClN5O5S+. The number of piperazine rings is 1. The van der Waals surface area contributed by atoms with Gasteiger partial charge in [-0.25, -0.2) is 13.2 Å². The van der Waals surface area contributed by atoms with Crippen molar-refractivity contribution in [1.82, 2.24) is 19.1 Å². The molecule has 3 aliphatic heterocycles. The van der Waals surface area contributed by atoms with Crippen LogP contribution in [0.5, 0.6) is 0 Å². The Hall–Kier alpha value is -3.41. The van der Waals surface area contributed by atoms with Crippen molar-refractivity contribution in [3.63, 3.8) is 0 Å². The second-order valence-corrected chi connectivity index (χ2v) is 12.6. The lowest BCUT2D eigenvalue weighted by Gasteiger charge is -2.38. The zero-order valence-corrected chi connectivity index (χ0v) is 22.8. The third-order valence-corrected chi connectivity index (χ3v) is 9.69. The van der Waals surface area contributed by atoms with Crippen LogP contribution in [-0.2, 0) is 26.2 Å². The van der Waals surface area contributed by atoms with E-state index in [1.165, 1.54) is 29.6 Å². The van der Waals surface area contributed by atoms with Gasteiger partial charge in [-0.1, -0.05) is 23.7 Å². The number of nitrogens with one attached hydrogen (secondary N) is 1. The number of amidine groups is 1. The second-order valence-electron chi connectivity index (χ2n) is 10.2. The maximum absolute atomic E-state index is 13.4. The predicted molar refractivity (Wildman–Crippen MR) is 145 cm³/mol. The van der Waals surface area contributed by atoms with Gasteiger partial charge in [0.05, 0.1) is 38.3 Å². The Bertz CT molecular complexity index is 1590. The molecule has 0 aliphatic carbocycles. The number of hydrogen-bond acceptors (Lipinski definition) is 4. The summed E-state index contributed by atoms with van der Waals surface area (Å²) in [4.78, 5) is 31.9. The van der Waals surface area contributed by atoms with E-state index in [2.05, 4.69) is 14.5 Å². The smallest absolute Gasteiger partial charge is 0.327 e. The minimum absolute atomic E-state index is 0.0810. The van der Waals surface area contributed by atoms with Crippen LogP contribution in [0.4, 0.5) is 0 Å². The lowest BCUT2D eigenvalue weighted by Crippen LogP contribution is -2.60. The number of fused-ring (bicyclic) bond motifs is 1. The first kappa shape index (κ1) is 25.8. The van der Waals surface area contributed by atoms with E-state index in [1.807, 2.05) is 24.3 Å². The number of rotatable bonds is 6. The third-order valence-electron chi connectivity index (χ3n) is 7.72. The van der Waals surface area contributed by atoms with Gasteiger partial charge in [-0.05, 0) is 42.0 Å². The molecule has 1 aromatic heterocycles. The van der Waals surface area contributed by atoms with E-state index < -0.39 is 34.5 Å². The number of likely N-dealkylation sites (tertiary alicyclic amines) is 1. The Labute approximate surface area is 231 Å². The number of hydrogen-bond donors (Lipinski definition) is 2. The monoisotopic (exact) mass is 570 g/mol. The van der Waals surface area contributed by atoms with Gasteiger partial charge in [-0.15, -0.1) is 0 Å². The molecule has 2 aromatic carbocycles. The molecule has 4 heterocycles. The molecule has 3 saturated heterocycles. The first-order valence-corrected chi connectivity index (χ1v) is 14.8. The summed E-state index contributed by atoms with van der Waals surface area (Å²) < 4.78 is 30.1. The lowest BCUT2D eigenvalue weighted by molar-refractivity contribution is -0.587. The average molecular weight is 571 g/mol. The zero-order chi connectivity index (χ0) is 27.3. The number of nitrogens with zero attached hydrogens (tertiary/aromatic N) is 4. The summed E-state index contributed by atoms with van der Waals surface area (Å²) in [6, 6.07) is 12.9. The lowest BCUT2D eigenvalue weighted by atomic mass is 10.0. The van der Waals surface area contributed by atoms with Crippen LogP contribution in [0.3, 0.4) is 0 Å². The van der Waals surface area contributed by atoms with Gasteiger partial charge in [-0.2, -0.15) is 4.31 Å². The van der Waals surface area contributed by atoms with Gasteiger partial charge < -0.3 is 15.0 Å². The summed E-state index contributed by atoms with van der Waals surface area (Å²) in [5, 5.41) is 10.9. The van der Waals surface area contributed by atoms with Gasteiger partial charge in [0.1, 0.15) is 11.1 Å². The van der Waals surface area contributed by atoms with Gasteiger partial charge in [0.25, 0.3) is 15.9 Å². The molecule has 0 radical (unpaired) electrons. The van der Waals surface area contributed by atoms with Gasteiger partial charge in [0, 0.05) is 41.9 Å². The molecule has 12 heteroatoms. The molecule has 1 amide bonds. The number of aliphatic carboxylic acids is 1. The Kier molecular flexibility index (Phi) is 6.60. The van der Waals surface area contributed by atoms with Crippen molar-refractivity contribution >= 4 is 50.2 Å². The van der Waals surface area contributed by atoms with Crippen LogP contribution in [0, 0.1) is 0 Å². The van der Waals surface area contributed by atoms with Crippen LogP contribution in [0.15, 0.2) is 53.6 Å². The highest BCUT2D eigenvalue weighted by atomic mass is 35.5. The standard InChI is InChI=1S/C27H28ClN5O5S/c28-21-7-8-22-20(13-21)14-24(29-22)39(37,38)32-16-23(27(35)36)33(25(34)17-32)15-18-3-5-19(6-4-18)26(30-9-1-10-30)31-11-2-12-31/h3-8,13-14,23,29H,1-2,9-12,15-17H2/p+1/t23-/m1/s1. The maximum Gasteiger partial charge on any atom is 0.327 e. The SMILES string of the molecule is O=C(O)[C@H]1CN(S(=O)(=O)c2cc3cc(Cl)ccc3[nH]2)CC(=O)N1Cc1ccc(C(N2CCC2)=[N+]2CCC2)cc1. The number of halogens is 1. The fourth-order valence-corrected chi connectivity index (χ4v) is 6.89. The third kappa shape index (κ3) is 4.79. The van der Waals surface area contributed by atoms with E-state index in [9.17, 15) is 23.1 Å². The number of benzene rings is 2. The molecule has 0 bridgehead atoms. The van der Waals surface area contributed by atoms with Gasteiger partial charge in [-0.3, -0.25) is 14.3 Å². The van der Waals surface area contributed by atoms with Crippen molar-refractivity contribution < 1.29 is 27.7 Å². The van der Waals surface area contributed by atoms with Crippen LogP contribution >= 0.6 is 11.6 Å². The topological polar surface area (TPSA) is 117 Å². The maximum atomic E-state index is 13.4. The number of aromatic nitrogens is 1. The molecule has 3 aliphatic rings. The Morgan fingerprint density at radius 2 is 1.82 bits per heavy atom. The molecule has 3 fully saturated rings. The largest absolute Gasteiger partial charge is 0.480 e. The number of amides is 1. The van der Waals surface area contributed by atoms with Crippen molar-refractivity contribution in [2.24, 2.45) is 0 Å². The van der Waals surface area contributed by atoms with Gasteiger partial charge in [0.15, 0.2) is 0 Å². The van der Waals surface area contributed by atoms with Crippen molar-refractivity contribution in [2.45, 2.75) is 30.5 Å². The first-order chi connectivity index (χ1) is 18.7. The first-order valence-electron chi connectivity index (χ1n) is 13.0. The highest BCUT2D eigenvalue weighted by molar-refractivity contribution is 7.89. The van der Waals surface area contributed by atoms with Crippen LogP contribution in [-0.4, -0.2) is 100 Å². The van der Waals surface area contributed by atoms with Crippen molar-refractivity contribution in [3.05, 3.63) is 64.7 Å². The van der Waals surface area contributed by atoms with Gasteiger partial charge >= 0.3 is 5.97 Å². The molecule has 0 spiro atoms. The minimum Gasteiger partial charge on any atom is -0.480 e. The van der Waals surface area contributed by atoms with Crippen LogP contribution in [0.1, 0.15) is 24.0 Å². The van der Waals surface area contributed by atoms with E-state index in [4.69, 9.17) is 11.6 Å². The summed E-state index contributed by atoms with van der Waals surface area (Å²) in [5.41, 5.74) is 2.47. The number of H-pyrrole nitrogens is 1. The molecule has 204 valence electrons. The highest BCUT2D eigenvalue weighted by Crippen LogP contribution is 2.27. The number of aromatic amines is 1. The predicted octanol–water partition coefficient (Wildman–Crippen LogP) is 2.18. The summed E-state index contributed by atoms with van der Waals surface area (Å²) >= 11 is 6.02. The quantitative estimate of drug-likeness (QED) is 0.347. The number of carboxylic acid groups (broad SMARTS) is 1. The van der Waals surface area contributed by atoms with E-state index >= 15 is 0 Å². The van der Waals surface area contributed by atoms with Crippen molar-refractivity contribution in [3.8, 4) is 0 Å². The van der Waals surface area contributed by atoms with E-state index in [-0.39, 0.29) is 18.1 Å². The molecule has 1 atom stereocenters. The van der Waals surface area contributed by atoms with Crippen LogP contribution in [0.2, 0.25) is 5.02 Å².